The van der Waals surface area contributed by atoms with Crippen molar-refractivity contribution in [1.82, 2.24) is 15.3 Å². The van der Waals surface area contributed by atoms with Crippen LogP contribution in [0, 0.1) is 11.8 Å². The van der Waals surface area contributed by atoms with Gasteiger partial charge in [0.2, 0.25) is 0 Å². The molecular formula is C20H18N4O3. The summed E-state index contributed by atoms with van der Waals surface area (Å²) >= 11 is 0. The van der Waals surface area contributed by atoms with Gasteiger partial charge in [0.1, 0.15) is 0 Å². The maximum Gasteiger partial charge on any atom is 0.299 e. The van der Waals surface area contributed by atoms with Crippen molar-refractivity contribution in [1.29, 1.82) is 0 Å². The van der Waals surface area contributed by atoms with Gasteiger partial charge in [0, 0.05) is 18.3 Å². The molecule has 1 aromatic heterocycles. The molecule has 0 radical (unpaired) electrons. The van der Waals surface area contributed by atoms with E-state index in [1.54, 1.807) is 0 Å². The lowest BCUT2D eigenvalue weighted by molar-refractivity contribution is -0.117. The van der Waals surface area contributed by atoms with Gasteiger partial charge in [-0.25, -0.2) is 0 Å². The van der Waals surface area contributed by atoms with Crippen LogP contribution in [0.25, 0.3) is 22.2 Å². The molecule has 4 rings (SSSR count). The smallest absolute Gasteiger partial charge is 0.299 e. The number of aryl methyl sites for hydroxylation is 1. The number of carbonyl (C=O) groups excluding carboxylic acids is 1. The van der Waals surface area contributed by atoms with Crippen molar-refractivity contribution >= 4 is 16.9 Å². The minimum absolute atomic E-state index is 0.0971. The maximum atomic E-state index is 10.8. The minimum atomic E-state index is -0.746. The average molecular weight is 362 g/mol. The van der Waals surface area contributed by atoms with E-state index in [0.29, 0.717) is 6.01 Å². The van der Waals surface area contributed by atoms with Gasteiger partial charge < -0.3 is 15.0 Å². The van der Waals surface area contributed by atoms with Crippen LogP contribution in [-0.4, -0.2) is 15.9 Å². The molecular weight excluding hydrogens is 344 g/mol. The number of aromatic amines is 1. The topological polar surface area (TPSA) is 96.4 Å². The van der Waals surface area contributed by atoms with Crippen LogP contribution in [0.1, 0.15) is 23.1 Å². The first-order valence-corrected chi connectivity index (χ1v) is 8.65. The van der Waals surface area contributed by atoms with Crippen LogP contribution in [0.2, 0.25) is 0 Å². The molecule has 0 unspecified atom stereocenters. The van der Waals surface area contributed by atoms with E-state index < -0.39 is 5.91 Å². The molecule has 0 saturated carbocycles. The van der Waals surface area contributed by atoms with E-state index in [9.17, 15) is 9.70 Å². The van der Waals surface area contributed by atoms with Gasteiger partial charge in [-0.15, -0.1) is 4.91 Å². The zero-order valence-electron chi connectivity index (χ0n) is 14.8. The summed E-state index contributed by atoms with van der Waals surface area (Å²) in [5.74, 6) is -0.746. The highest BCUT2D eigenvalue weighted by atomic mass is 16.5. The molecule has 0 bridgehead atoms. The second-order valence-electron chi connectivity index (χ2n) is 6.49. The van der Waals surface area contributed by atoms with E-state index in [1.165, 1.54) is 29.0 Å². The van der Waals surface area contributed by atoms with Crippen LogP contribution in [0.4, 0.5) is 0 Å². The Morgan fingerprint density at radius 1 is 1.26 bits per heavy atom. The monoisotopic (exact) mass is 362 g/mol. The van der Waals surface area contributed by atoms with Crippen LogP contribution in [0.3, 0.4) is 0 Å². The van der Waals surface area contributed by atoms with Crippen molar-refractivity contribution in [2.24, 2.45) is 5.18 Å². The molecule has 1 aliphatic heterocycles. The SMILES string of the molecule is Cc1cc2[nH]c(O/C=C/CC(=O)N=O)nc2cc1-c1ccc2c(c1)CNC2. The number of nitrogens with one attached hydrogen (secondary N) is 2. The fourth-order valence-electron chi connectivity index (χ4n) is 3.27. The quantitative estimate of drug-likeness (QED) is 0.533. The Balaban J connectivity index is 1.60. The summed E-state index contributed by atoms with van der Waals surface area (Å²) in [5, 5.41) is 5.68. The number of imidazole rings is 1. The first-order valence-electron chi connectivity index (χ1n) is 8.65. The lowest BCUT2D eigenvalue weighted by atomic mass is 9.97. The summed E-state index contributed by atoms with van der Waals surface area (Å²) in [7, 11) is 0. The van der Waals surface area contributed by atoms with Gasteiger partial charge in [-0.2, -0.15) is 4.98 Å². The Kier molecular flexibility index (Phi) is 4.52. The highest BCUT2D eigenvalue weighted by Crippen LogP contribution is 2.31. The minimum Gasteiger partial charge on any atom is -0.434 e. The highest BCUT2D eigenvalue weighted by molar-refractivity contribution is 5.85. The van der Waals surface area contributed by atoms with E-state index in [4.69, 9.17) is 4.74 Å². The van der Waals surface area contributed by atoms with Gasteiger partial charge >= 0.3 is 0 Å². The molecule has 0 saturated heterocycles. The van der Waals surface area contributed by atoms with Gasteiger partial charge in [-0.3, -0.25) is 4.79 Å². The first-order chi connectivity index (χ1) is 13.1. The summed E-state index contributed by atoms with van der Waals surface area (Å²) in [5.41, 5.74) is 7.79. The lowest BCUT2D eigenvalue weighted by Crippen LogP contribution is -1.99. The molecule has 0 fully saturated rings. The molecule has 2 heterocycles. The number of rotatable bonds is 5. The molecule has 7 heteroatoms. The maximum absolute atomic E-state index is 10.8. The van der Waals surface area contributed by atoms with Crippen molar-refractivity contribution < 1.29 is 9.53 Å². The largest absolute Gasteiger partial charge is 0.434 e. The summed E-state index contributed by atoms with van der Waals surface area (Å²) in [6.07, 6.45) is 2.65. The molecule has 2 N–H and O–H groups in total. The summed E-state index contributed by atoms with van der Waals surface area (Å²) in [4.78, 5) is 28.4. The molecule has 0 spiro atoms. The standard InChI is InChI=1S/C20H18N4O3/c1-12-7-17-18(23-20(22-17)27-6-2-3-19(25)24-26)9-16(12)13-4-5-14-10-21-11-15(14)8-13/h2,4-9,21H,3,10-11H2,1H3,(H,22,23)/b6-2+. The number of H-pyrrole nitrogens is 1. The number of hydrogen-bond acceptors (Lipinski definition) is 5. The summed E-state index contributed by atoms with van der Waals surface area (Å²) in [6.45, 7) is 3.90. The van der Waals surface area contributed by atoms with E-state index in [-0.39, 0.29) is 6.42 Å². The molecule has 3 aromatic rings. The van der Waals surface area contributed by atoms with Crippen molar-refractivity contribution in [3.05, 3.63) is 64.3 Å². The predicted octanol–water partition coefficient (Wildman–Crippen LogP) is 3.72. The Hall–Kier alpha value is -3.32. The number of aromatic nitrogens is 2. The number of carbonyl (C=O) groups is 1. The van der Waals surface area contributed by atoms with Crippen molar-refractivity contribution in [2.75, 3.05) is 0 Å². The van der Waals surface area contributed by atoms with E-state index >= 15 is 0 Å². The number of nitrogens with zero attached hydrogens (tertiary/aromatic N) is 2. The normalized spacial score (nSPS) is 13.2. The fourth-order valence-corrected chi connectivity index (χ4v) is 3.27. The fraction of sp³-hybridized carbons (Fsp3) is 0.200. The lowest BCUT2D eigenvalue weighted by Gasteiger charge is -2.08. The van der Waals surface area contributed by atoms with Gasteiger partial charge in [-0.05, 0) is 59.0 Å². The average Bonchev–Trinajstić information content (AvgIpc) is 3.29. The Labute approximate surface area is 155 Å². The zero-order chi connectivity index (χ0) is 18.8. The molecule has 0 aliphatic carbocycles. The molecule has 7 nitrogen and oxygen atoms in total. The number of amides is 1. The molecule has 2 aromatic carbocycles. The first kappa shape index (κ1) is 17.1. The molecule has 1 aliphatic rings. The third-order valence-corrected chi connectivity index (χ3v) is 4.62. The number of hydrogen-bond donors (Lipinski definition) is 2. The van der Waals surface area contributed by atoms with Crippen LogP contribution in [0.15, 0.2) is 47.8 Å². The third kappa shape index (κ3) is 3.50. The number of nitroso groups, excluding NO2 is 1. The third-order valence-electron chi connectivity index (χ3n) is 4.62. The second kappa shape index (κ2) is 7.13. The van der Waals surface area contributed by atoms with Crippen molar-refractivity contribution in [3.63, 3.8) is 0 Å². The summed E-state index contributed by atoms with van der Waals surface area (Å²) < 4.78 is 5.38. The Morgan fingerprint density at radius 2 is 2.11 bits per heavy atom. The van der Waals surface area contributed by atoms with Gasteiger partial charge in [-0.1, -0.05) is 12.1 Å². The molecule has 136 valence electrons. The van der Waals surface area contributed by atoms with Gasteiger partial charge in [0.25, 0.3) is 11.9 Å². The number of benzene rings is 2. The zero-order valence-corrected chi connectivity index (χ0v) is 14.8. The predicted molar refractivity (Wildman–Crippen MR) is 102 cm³/mol. The van der Waals surface area contributed by atoms with Crippen LogP contribution in [0.5, 0.6) is 6.01 Å². The summed E-state index contributed by atoms with van der Waals surface area (Å²) in [6, 6.07) is 11.0. The van der Waals surface area contributed by atoms with Crippen LogP contribution in [-0.2, 0) is 17.9 Å². The molecule has 0 atom stereocenters. The highest BCUT2D eigenvalue weighted by Gasteiger charge is 2.13. The van der Waals surface area contributed by atoms with Gasteiger partial charge in [0.05, 0.1) is 23.7 Å². The van der Waals surface area contributed by atoms with Crippen molar-refractivity contribution in [3.8, 4) is 17.1 Å². The Morgan fingerprint density at radius 3 is 2.96 bits per heavy atom. The van der Waals surface area contributed by atoms with Gasteiger partial charge in [0.15, 0.2) is 0 Å². The van der Waals surface area contributed by atoms with E-state index in [2.05, 4.69) is 45.6 Å². The van der Waals surface area contributed by atoms with Crippen LogP contribution < -0.4 is 10.1 Å². The molecule has 27 heavy (non-hydrogen) atoms. The number of fused-ring (bicyclic) bond motifs is 2. The second-order valence-corrected chi connectivity index (χ2v) is 6.49. The Bertz CT molecular complexity index is 1070. The molecule has 1 amide bonds. The number of ether oxygens (including phenoxy) is 1. The van der Waals surface area contributed by atoms with Crippen LogP contribution >= 0.6 is 0 Å². The van der Waals surface area contributed by atoms with Crippen molar-refractivity contribution in [2.45, 2.75) is 26.4 Å². The van der Waals surface area contributed by atoms with E-state index in [0.717, 1.165) is 35.2 Å². The van der Waals surface area contributed by atoms with E-state index in [1.807, 2.05) is 12.1 Å².